The number of nitriles is 1. The average molecular weight is 473 g/mol. The van der Waals surface area contributed by atoms with E-state index in [4.69, 9.17) is 9.15 Å². The van der Waals surface area contributed by atoms with Crippen molar-refractivity contribution >= 4 is 39.2 Å². The largest absolute Gasteiger partial charge is 0.452 e. The van der Waals surface area contributed by atoms with Gasteiger partial charge in [-0.15, -0.1) is 0 Å². The van der Waals surface area contributed by atoms with E-state index in [-0.39, 0.29) is 34.1 Å². The maximum absolute atomic E-state index is 12.5. The Balaban J connectivity index is 1.70. The molecule has 2 aromatic heterocycles. The summed E-state index contributed by atoms with van der Waals surface area (Å²) in [5.74, 6) is -1.20. The highest BCUT2D eigenvalue weighted by molar-refractivity contribution is 9.10. The van der Waals surface area contributed by atoms with Crippen molar-refractivity contribution < 1.29 is 23.7 Å². The average Bonchev–Trinajstić information content (AvgIpc) is 3.34. The summed E-state index contributed by atoms with van der Waals surface area (Å²) in [5, 5.41) is 22.7. The lowest BCUT2D eigenvalue weighted by Gasteiger charge is -2.08. The molecule has 0 radical (unpaired) electrons. The van der Waals surface area contributed by atoms with E-state index in [0.717, 1.165) is 0 Å². The number of benzene rings is 1. The van der Waals surface area contributed by atoms with Gasteiger partial charge in [0.1, 0.15) is 23.0 Å². The van der Waals surface area contributed by atoms with Crippen LogP contribution in [0.15, 0.2) is 51.6 Å². The molecule has 3 rings (SSSR count). The van der Waals surface area contributed by atoms with Crippen LogP contribution in [0, 0.1) is 28.4 Å². The number of carbonyl (C=O) groups is 2. The Bertz CT molecular complexity index is 1180. The monoisotopic (exact) mass is 472 g/mol. The van der Waals surface area contributed by atoms with Crippen molar-refractivity contribution in [1.29, 1.82) is 5.26 Å². The Morgan fingerprint density at radius 1 is 1.37 bits per heavy atom. The van der Waals surface area contributed by atoms with E-state index < -0.39 is 23.4 Å². The second-order valence-corrected chi connectivity index (χ2v) is 6.82. The molecule has 0 aliphatic heterocycles. The molecule has 0 fully saturated rings. The molecule has 1 amide bonds. The number of esters is 1. The lowest BCUT2D eigenvalue weighted by Crippen LogP contribution is -2.21. The van der Waals surface area contributed by atoms with Gasteiger partial charge < -0.3 is 14.5 Å². The summed E-state index contributed by atoms with van der Waals surface area (Å²) in [4.78, 5) is 34.8. The third kappa shape index (κ3) is 4.23. The molecule has 0 bridgehead atoms. The number of amides is 1. The first-order valence-corrected chi connectivity index (χ1v) is 9.19. The molecule has 1 aromatic carbocycles. The topological polar surface area (TPSA) is 140 Å². The van der Waals surface area contributed by atoms with Crippen LogP contribution in [0.1, 0.15) is 21.7 Å². The zero-order valence-corrected chi connectivity index (χ0v) is 17.0. The summed E-state index contributed by atoms with van der Waals surface area (Å²) in [6.07, 6.45) is 3.31. The number of anilines is 1. The zero-order chi connectivity index (χ0) is 21.8. The molecule has 0 unspecified atom stereocenters. The van der Waals surface area contributed by atoms with Crippen LogP contribution in [0.2, 0.25) is 0 Å². The number of aromatic nitrogens is 1. The van der Waals surface area contributed by atoms with Crippen molar-refractivity contribution in [2.24, 2.45) is 0 Å². The minimum absolute atomic E-state index is 0.00720. The first-order chi connectivity index (χ1) is 14.3. The number of nitrogens with one attached hydrogen (secondary N) is 1. The van der Waals surface area contributed by atoms with Gasteiger partial charge in [-0.1, -0.05) is 0 Å². The van der Waals surface area contributed by atoms with Crippen molar-refractivity contribution in [3.8, 4) is 12.0 Å². The fraction of sp³-hybridized carbons (Fsp3) is 0.105. The molecule has 2 heterocycles. The molecule has 0 atom stereocenters. The maximum atomic E-state index is 12.5. The van der Waals surface area contributed by atoms with Gasteiger partial charge in [0.15, 0.2) is 6.61 Å². The number of rotatable bonds is 6. The molecule has 0 aliphatic rings. The van der Waals surface area contributed by atoms with Crippen molar-refractivity contribution in [1.82, 2.24) is 4.57 Å². The van der Waals surface area contributed by atoms with Gasteiger partial charge in [-0.2, -0.15) is 5.26 Å². The lowest BCUT2D eigenvalue weighted by atomic mass is 10.1. The van der Waals surface area contributed by atoms with Gasteiger partial charge in [0.05, 0.1) is 10.6 Å². The normalized spacial score (nSPS) is 10.3. The van der Waals surface area contributed by atoms with Crippen LogP contribution in [0.4, 0.5) is 11.4 Å². The number of nitro benzene ring substituents is 1. The molecule has 0 spiro atoms. The Hall–Kier alpha value is -3.91. The fourth-order valence-electron chi connectivity index (χ4n) is 2.64. The van der Waals surface area contributed by atoms with E-state index >= 15 is 0 Å². The Labute approximate surface area is 177 Å². The number of nitro groups is 1. The number of non-ortho nitro benzene ring substituents is 1. The van der Waals surface area contributed by atoms with E-state index in [1.807, 2.05) is 6.07 Å². The summed E-state index contributed by atoms with van der Waals surface area (Å²) >= 11 is 3.13. The van der Waals surface area contributed by atoms with Gasteiger partial charge in [-0.05, 0) is 41.1 Å². The van der Waals surface area contributed by atoms with Crippen LogP contribution in [0.3, 0.4) is 0 Å². The van der Waals surface area contributed by atoms with Gasteiger partial charge >= 0.3 is 5.97 Å². The molecule has 0 aliphatic carbocycles. The first kappa shape index (κ1) is 20.8. The summed E-state index contributed by atoms with van der Waals surface area (Å²) in [5.41, 5.74) is 0.0516. The van der Waals surface area contributed by atoms with Crippen LogP contribution in [-0.4, -0.2) is 28.0 Å². The van der Waals surface area contributed by atoms with E-state index in [1.54, 1.807) is 29.1 Å². The highest BCUT2D eigenvalue weighted by Crippen LogP contribution is 2.28. The highest BCUT2D eigenvalue weighted by Gasteiger charge is 2.26. The molecule has 11 heteroatoms. The molecular weight excluding hydrogens is 460 g/mol. The number of ether oxygens (including phenoxy) is 1. The van der Waals surface area contributed by atoms with Crippen molar-refractivity contribution in [3.05, 3.63) is 74.2 Å². The molecule has 0 saturated heterocycles. The number of hydrogen-bond acceptors (Lipinski definition) is 7. The molecule has 1 N–H and O–H groups in total. The van der Waals surface area contributed by atoms with E-state index in [9.17, 15) is 25.0 Å². The number of aryl methyl sites for hydroxylation is 1. The minimum atomic E-state index is -0.885. The zero-order valence-electron chi connectivity index (χ0n) is 15.4. The van der Waals surface area contributed by atoms with E-state index in [0.29, 0.717) is 4.47 Å². The number of nitrogens with zero attached hydrogens (tertiary/aromatic N) is 3. The SMILES string of the molecule is Cc1oc(-n2cccc2)c(C#N)c1C(=O)OCC(=O)Nc1ccc([N+](=O)[O-])cc1Br. The third-order valence-corrected chi connectivity index (χ3v) is 4.65. The summed E-state index contributed by atoms with van der Waals surface area (Å²) < 4.78 is 12.4. The Morgan fingerprint density at radius 3 is 2.67 bits per heavy atom. The van der Waals surface area contributed by atoms with Crippen LogP contribution in [0.25, 0.3) is 5.88 Å². The van der Waals surface area contributed by atoms with Gasteiger partial charge in [-0.25, -0.2) is 4.79 Å². The van der Waals surface area contributed by atoms with Crippen LogP contribution >= 0.6 is 15.9 Å². The molecular formula is C19H13BrN4O6. The number of carbonyl (C=O) groups excluding carboxylic acids is 2. The fourth-order valence-corrected chi connectivity index (χ4v) is 3.11. The minimum Gasteiger partial charge on any atom is -0.452 e. The Kier molecular flexibility index (Phi) is 5.98. The molecule has 10 nitrogen and oxygen atoms in total. The highest BCUT2D eigenvalue weighted by atomic mass is 79.9. The number of furan rings is 1. The first-order valence-electron chi connectivity index (χ1n) is 8.39. The van der Waals surface area contributed by atoms with Crippen LogP contribution in [-0.2, 0) is 9.53 Å². The summed E-state index contributed by atoms with van der Waals surface area (Å²) in [6.45, 7) is 0.884. The lowest BCUT2D eigenvalue weighted by molar-refractivity contribution is -0.384. The van der Waals surface area contributed by atoms with Crippen molar-refractivity contribution in [2.75, 3.05) is 11.9 Å². The molecule has 152 valence electrons. The van der Waals surface area contributed by atoms with E-state index in [1.165, 1.54) is 25.1 Å². The van der Waals surface area contributed by atoms with Crippen molar-refractivity contribution in [3.63, 3.8) is 0 Å². The Morgan fingerprint density at radius 2 is 2.07 bits per heavy atom. The van der Waals surface area contributed by atoms with Crippen molar-refractivity contribution in [2.45, 2.75) is 6.92 Å². The molecule has 3 aromatic rings. The standard InChI is InChI=1S/C19H13BrN4O6/c1-11-17(13(9-21)18(30-11)23-6-2-3-7-23)19(26)29-10-16(25)22-15-5-4-12(24(27)28)8-14(15)20/h2-8H,10H2,1H3,(H,22,25). The summed E-state index contributed by atoms with van der Waals surface area (Å²) in [6, 6.07) is 9.20. The number of halogens is 1. The molecule has 0 saturated carbocycles. The third-order valence-electron chi connectivity index (χ3n) is 3.99. The van der Waals surface area contributed by atoms with Gasteiger partial charge in [0.25, 0.3) is 11.6 Å². The van der Waals surface area contributed by atoms with Crippen LogP contribution in [0.5, 0.6) is 0 Å². The maximum Gasteiger partial charge on any atom is 0.343 e. The summed E-state index contributed by atoms with van der Waals surface area (Å²) in [7, 11) is 0. The van der Waals surface area contributed by atoms with Gasteiger partial charge in [0, 0.05) is 29.0 Å². The quantitative estimate of drug-likeness (QED) is 0.327. The predicted octanol–water partition coefficient (Wildman–Crippen LogP) is 3.72. The van der Waals surface area contributed by atoms with Gasteiger partial charge in [0.2, 0.25) is 5.88 Å². The van der Waals surface area contributed by atoms with E-state index in [2.05, 4.69) is 21.2 Å². The molecule has 30 heavy (non-hydrogen) atoms. The van der Waals surface area contributed by atoms with Crippen LogP contribution < -0.4 is 5.32 Å². The smallest absolute Gasteiger partial charge is 0.343 e. The second kappa shape index (κ2) is 8.62. The second-order valence-electron chi connectivity index (χ2n) is 5.96. The predicted molar refractivity (Wildman–Crippen MR) is 107 cm³/mol. The number of hydrogen-bond donors (Lipinski definition) is 1. The van der Waals surface area contributed by atoms with Gasteiger partial charge in [-0.3, -0.25) is 19.5 Å².